The van der Waals surface area contributed by atoms with Gasteiger partial charge in [0.2, 0.25) is 10.0 Å². The topological polar surface area (TPSA) is 101 Å². The minimum atomic E-state index is -3.46. The monoisotopic (exact) mass is 440 g/mol. The number of anilines is 3. The molecule has 31 heavy (non-hydrogen) atoms. The molecule has 0 atom stereocenters. The number of para-hydroxylation sites is 1. The van der Waals surface area contributed by atoms with Crippen LogP contribution in [0.25, 0.3) is 10.9 Å². The number of nitrogens with one attached hydrogen (secondary N) is 2. The average molecular weight is 441 g/mol. The molecule has 2 heterocycles. The number of rotatable bonds is 6. The van der Waals surface area contributed by atoms with E-state index in [9.17, 15) is 13.2 Å². The van der Waals surface area contributed by atoms with Gasteiger partial charge in [0.05, 0.1) is 30.1 Å². The van der Waals surface area contributed by atoms with Gasteiger partial charge in [-0.25, -0.2) is 13.4 Å². The number of hydrogen-bond donors (Lipinski definition) is 2. The van der Waals surface area contributed by atoms with E-state index >= 15 is 0 Å². The van der Waals surface area contributed by atoms with E-state index in [1.807, 2.05) is 30.3 Å². The first-order valence-corrected chi connectivity index (χ1v) is 11.8. The Kier molecular flexibility index (Phi) is 5.69. The summed E-state index contributed by atoms with van der Waals surface area (Å²) < 4.78 is 30.8. The van der Waals surface area contributed by atoms with Gasteiger partial charge in [0.15, 0.2) is 0 Å². The SMILES string of the molecule is COc1cc(NC(=O)c2cc3ccccc3nc2N2CCCC2)ccc1NS(C)(=O)=O. The number of hydrogen-bond acceptors (Lipinski definition) is 6. The lowest BCUT2D eigenvalue weighted by Gasteiger charge is -2.20. The third-order valence-electron chi connectivity index (χ3n) is 5.11. The molecule has 4 rings (SSSR count). The van der Waals surface area contributed by atoms with E-state index < -0.39 is 10.0 Å². The lowest BCUT2D eigenvalue weighted by Crippen LogP contribution is -2.24. The van der Waals surface area contributed by atoms with Gasteiger partial charge in [0.25, 0.3) is 5.91 Å². The number of fused-ring (bicyclic) bond motifs is 1. The second kappa shape index (κ2) is 8.43. The van der Waals surface area contributed by atoms with Crippen molar-refractivity contribution in [1.29, 1.82) is 0 Å². The molecule has 3 aromatic rings. The van der Waals surface area contributed by atoms with Gasteiger partial charge < -0.3 is 15.0 Å². The lowest BCUT2D eigenvalue weighted by molar-refractivity contribution is 0.102. The average Bonchev–Trinajstić information content (AvgIpc) is 3.27. The van der Waals surface area contributed by atoms with Gasteiger partial charge in [-0.1, -0.05) is 18.2 Å². The first kappa shape index (κ1) is 20.9. The number of pyridine rings is 1. The van der Waals surface area contributed by atoms with Crippen molar-refractivity contribution in [2.24, 2.45) is 0 Å². The highest BCUT2D eigenvalue weighted by atomic mass is 32.2. The van der Waals surface area contributed by atoms with Gasteiger partial charge in [0.1, 0.15) is 11.6 Å². The lowest BCUT2D eigenvalue weighted by atomic mass is 10.1. The summed E-state index contributed by atoms with van der Waals surface area (Å²) in [6.07, 6.45) is 3.21. The first-order chi connectivity index (χ1) is 14.8. The Morgan fingerprint density at radius 1 is 1.10 bits per heavy atom. The molecule has 1 aliphatic rings. The number of aromatic nitrogens is 1. The minimum Gasteiger partial charge on any atom is -0.494 e. The highest BCUT2D eigenvalue weighted by molar-refractivity contribution is 7.92. The Morgan fingerprint density at radius 2 is 1.84 bits per heavy atom. The molecule has 0 saturated carbocycles. The van der Waals surface area contributed by atoms with Crippen molar-refractivity contribution in [3.8, 4) is 5.75 Å². The van der Waals surface area contributed by atoms with Crippen molar-refractivity contribution in [2.75, 3.05) is 41.4 Å². The Labute approximate surface area is 181 Å². The Bertz CT molecular complexity index is 1240. The molecule has 2 aromatic carbocycles. The summed E-state index contributed by atoms with van der Waals surface area (Å²) in [6.45, 7) is 1.73. The molecule has 0 aliphatic carbocycles. The van der Waals surface area contributed by atoms with Crippen LogP contribution in [0, 0.1) is 0 Å². The summed E-state index contributed by atoms with van der Waals surface area (Å²) in [7, 11) is -2.02. The van der Waals surface area contributed by atoms with Crippen molar-refractivity contribution in [3.05, 3.63) is 54.1 Å². The first-order valence-electron chi connectivity index (χ1n) is 9.96. The molecular formula is C22H24N4O4S. The number of nitrogens with zero attached hydrogens (tertiary/aromatic N) is 2. The summed E-state index contributed by atoms with van der Waals surface area (Å²) in [6, 6.07) is 14.3. The molecule has 1 saturated heterocycles. The minimum absolute atomic E-state index is 0.286. The van der Waals surface area contributed by atoms with Gasteiger partial charge in [-0.2, -0.15) is 0 Å². The molecule has 1 fully saturated rings. The van der Waals surface area contributed by atoms with Crippen LogP contribution in [0.3, 0.4) is 0 Å². The van der Waals surface area contributed by atoms with Crippen molar-refractivity contribution < 1.29 is 17.9 Å². The number of carbonyl (C=O) groups excluding carboxylic acids is 1. The summed E-state index contributed by atoms with van der Waals surface area (Å²) in [5.74, 6) is 0.696. The maximum Gasteiger partial charge on any atom is 0.259 e. The van der Waals surface area contributed by atoms with E-state index in [-0.39, 0.29) is 5.91 Å². The van der Waals surface area contributed by atoms with E-state index in [4.69, 9.17) is 9.72 Å². The quantitative estimate of drug-likeness (QED) is 0.609. The fourth-order valence-electron chi connectivity index (χ4n) is 3.69. The predicted octanol–water partition coefficient (Wildman–Crippen LogP) is 3.47. The summed E-state index contributed by atoms with van der Waals surface area (Å²) >= 11 is 0. The van der Waals surface area contributed by atoms with Crippen molar-refractivity contribution >= 4 is 44.0 Å². The van der Waals surface area contributed by atoms with Gasteiger partial charge in [-0.05, 0) is 37.1 Å². The van der Waals surface area contributed by atoms with E-state index in [2.05, 4.69) is 14.9 Å². The normalized spacial score (nSPS) is 13.9. The maximum absolute atomic E-state index is 13.2. The molecule has 1 amide bonds. The van der Waals surface area contributed by atoms with E-state index in [1.165, 1.54) is 7.11 Å². The molecular weight excluding hydrogens is 416 g/mol. The van der Waals surface area contributed by atoms with Crippen LogP contribution >= 0.6 is 0 Å². The van der Waals surface area contributed by atoms with Crippen LogP contribution in [-0.2, 0) is 10.0 Å². The number of methoxy groups -OCH3 is 1. The number of sulfonamides is 1. The zero-order chi connectivity index (χ0) is 22.0. The molecule has 1 aromatic heterocycles. The molecule has 9 heteroatoms. The molecule has 0 bridgehead atoms. The molecule has 2 N–H and O–H groups in total. The summed E-state index contributed by atoms with van der Waals surface area (Å²) in [5, 5.41) is 3.78. The van der Waals surface area contributed by atoms with Crippen LogP contribution in [-0.4, -0.2) is 45.8 Å². The Balaban J connectivity index is 1.67. The number of carbonyl (C=O) groups is 1. The number of benzene rings is 2. The van der Waals surface area contributed by atoms with Crippen LogP contribution in [0.1, 0.15) is 23.2 Å². The van der Waals surface area contributed by atoms with Crippen LogP contribution in [0.4, 0.5) is 17.2 Å². The number of amides is 1. The van der Waals surface area contributed by atoms with E-state index in [1.54, 1.807) is 18.2 Å². The molecule has 162 valence electrons. The zero-order valence-corrected chi connectivity index (χ0v) is 18.2. The highest BCUT2D eigenvalue weighted by Gasteiger charge is 2.22. The fourth-order valence-corrected chi connectivity index (χ4v) is 4.26. The van der Waals surface area contributed by atoms with Crippen LogP contribution < -0.4 is 19.7 Å². The van der Waals surface area contributed by atoms with Gasteiger partial charge in [0, 0.05) is 30.2 Å². The third kappa shape index (κ3) is 4.72. The summed E-state index contributed by atoms with van der Waals surface area (Å²) in [5.41, 5.74) is 2.13. The molecule has 0 radical (unpaired) electrons. The second-order valence-corrected chi connectivity index (χ2v) is 9.24. The third-order valence-corrected chi connectivity index (χ3v) is 5.70. The van der Waals surface area contributed by atoms with Gasteiger partial charge in [-0.15, -0.1) is 0 Å². The van der Waals surface area contributed by atoms with Gasteiger partial charge in [-0.3, -0.25) is 9.52 Å². The largest absolute Gasteiger partial charge is 0.494 e. The van der Waals surface area contributed by atoms with Crippen molar-refractivity contribution in [2.45, 2.75) is 12.8 Å². The van der Waals surface area contributed by atoms with Crippen molar-refractivity contribution in [1.82, 2.24) is 4.98 Å². The Hall–Kier alpha value is -3.33. The smallest absolute Gasteiger partial charge is 0.259 e. The van der Waals surface area contributed by atoms with Crippen molar-refractivity contribution in [3.63, 3.8) is 0 Å². The standard InChI is InChI=1S/C22H24N4O4S/c1-30-20-14-16(9-10-19(20)25-31(2,28)29)23-22(27)17-13-15-7-3-4-8-18(15)24-21(17)26-11-5-6-12-26/h3-4,7-10,13-14,25H,5-6,11-12H2,1-2H3,(H,23,27). The molecule has 8 nitrogen and oxygen atoms in total. The van der Waals surface area contributed by atoms with E-state index in [0.29, 0.717) is 28.5 Å². The second-order valence-electron chi connectivity index (χ2n) is 7.49. The molecule has 1 aliphatic heterocycles. The van der Waals surface area contributed by atoms with Gasteiger partial charge >= 0.3 is 0 Å². The van der Waals surface area contributed by atoms with Crippen LogP contribution in [0.5, 0.6) is 5.75 Å². The van der Waals surface area contributed by atoms with Crippen LogP contribution in [0.2, 0.25) is 0 Å². The predicted molar refractivity (Wildman–Crippen MR) is 123 cm³/mol. The van der Waals surface area contributed by atoms with E-state index in [0.717, 1.165) is 43.1 Å². The maximum atomic E-state index is 13.2. The Morgan fingerprint density at radius 3 is 2.55 bits per heavy atom. The highest BCUT2D eigenvalue weighted by Crippen LogP contribution is 2.31. The molecule has 0 unspecified atom stereocenters. The fraction of sp³-hybridized carbons (Fsp3) is 0.273. The van der Waals surface area contributed by atoms with Crippen LogP contribution in [0.15, 0.2) is 48.5 Å². The molecule has 0 spiro atoms. The zero-order valence-electron chi connectivity index (χ0n) is 17.4. The summed E-state index contributed by atoms with van der Waals surface area (Å²) in [4.78, 5) is 20.1. The number of ether oxygens (including phenoxy) is 1.